The van der Waals surface area contributed by atoms with Crippen LogP contribution in [0.2, 0.25) is 5.02 Å². The molecule has 0 saturated heterocycles. The number of hydrogen-bond donors (Lipinski definition) is 1. The van der Waals surface area contributed by atoms with Crippen molar-refractivity contribution >= 4 is 33.7 Å². The first-order valence-corrected chi connectivity index (χ1v) is 7.42. The first-order valence-electron chi connectivity index (χ1n) is 6.22. The molecule has 0 saturated carbocycles. The molecule has 0 amide bonds. The summed E-state index contributed by atoms with van der Waals surface area (Å²) in [6, 6.07) is 6.92. The molecular formula is C15H16ClNOS. The summed E-state index contributed by atoms with van der Waals surface area (Å²) in [5.41, 5.74) is 8.30. The molecule has 2 N–H and O–H groups in total. The molecule has 0 fully saturated rings. The van der Waals surface area contributed by atoms with Crippen LogP contribution >= 0.6 is 22.9 Å². The molecule has 2 rings (SSSR count). The zero-order valence-electron chi connectivity index (χ0n) is 11.0. The molecule has 1 aromatic heterocycles. The van der Waals surface area contributed by atoms with E-state index in [2.05, 4.69) is 6.92 Å². The third-order valence-corrected chi connectivity index (χ3v) is 4.52. The Kier molecular flexibility index (Phi) is 4.27. The van der Waals surface area contributed by atoms with E-state index in [1.54, 1.807) is 24.3 Å². The predicted molar refractivity (Wildman–Crippen MR) is 82.3 cm³/mol. The lowest BCUT2D eigenvalue weighted by atomic mass is 10.0. The molecule has 0 radical (unpaired) electrons. The third-order valence-electron chi connectivity index (χ3n) is 3.08. The number of carbonyl (C=O) groups excluding carboxylic acids is 1. The van der Waals surface area contributed by atoms with Gasteiger partial charge in [0.15, 0.2) is 5.78 Å². The molecule has 0 aliphatic heterocycles. The van der Waals surface area contributed by atoms with Crippen molar-refractivity contribution in [3.8, 4) is 0 Å². The van der Waals surface area contributed by atoms with Crippen molar-refractivity contribution in [2.45, 2.75) is 26.7 Å². The van der Waals surface area contributed by atoms with Crippen LogP contribution in [0.15, 0.2) is 24.3 Å². The second-order valence-electron chi connectivity index (χ2n) is 4.48. The molecule has 0 aliphatic carbocycles. The van der Waals surface area contributed by atoms with Crippen LogP contribution in [0.25, 0.3) is 0 Å². The standard InChI is InChI=1S/C15H16ClNOS/c1-3-4-12-9(2)13(15(17)19-12)14(18)10-5-7-11(16)8-6-10/h5-8H,3-4,17H2,1-2H3. The Bertz CT molecular complexity index is 601. The topological polar surface area (TPSA) is 43.1 Å². The Balaban J connectivity index is 2.41. The van der Waals surface area contributed by atoms with Crippen LogP contribution in [0.3, 0.4) is 0 Å². The average Bonchev–Trinajstić information content (AvgIpc) is 2.65. The molecule has 2 aromatic rings. The largest absolute Gasteiger partial charge is 0.390 e. The molecule has 100 valence electrons. The van der Waals surface area contributed by atoms with Crippen LogP contribution < -0.4 is 5.73 Å². The van der Waals surface area contributed by atoms with Gasteiger partial charge in [0.25, 0.3) is 0 Å². The molecule has 0 atom stereocenters. The van der Waals surface area contributed by atoms with Gasteiger partial charge in [-0.2, -0.15) is 0 Å². The molecule has 19 heavy (non-hydrogen) atoms. The van der Waals surface area contributed by atoms with E-state index in [0.29, 0.717) is 21.2 Å². The summed E-state index contributed by atoms with van der Waals surface area (Å²) in [7, 11) is 0. The highest BCUT2D eigenvalue weighted by Crippen LogP contribution is 2.33. The number of nitrogen functional groups attached to an aromatic ring is 1. The second kappa shape index (κ2) is 5.76. The average molecular weight is 294 g/mol. The third kappa shape index (κ3) is 2.82. The summed E-state index contributed by atoms with van der Waals surface area (Å²) in [5.74, 6) is -0.0229. The van der Waals surface area contributed by atoms with E-state index >= 15 is 0 Å². The molecule has 1 aromatic carbocycles. The number of ketones is 1. The number of halogens is 1. The van der Waals surface area contributed by atoms with Crippen LogP contribution in [0.5, 0.6) is 0 Å². The number of rotatable bonds is 4. The maximum atomic E-state index is 12.5. The van der Waals surface area contributed by atoms with E-state index in [4.69, 9.17) is 17.3 Å². The SMILES string of the molecule is CCCc1sc(N)c(C(=O)c2ccc(Cl)cc2)c1C. The lowest BCUT2D eigenvalue weighted by Gasteiger charge is -2.03. The Morgan fingerprint density at radius 3 is 2.53 bits per heavy atom. The number of aryl methyl sites for hydroxylation is 1. The summed E-state index contributed by atoms with van der Waals surface area (Å²) < 4.78 is 0. The molecule has 0 bridgehead atoms. The van der Waals surface area contributed by atoms with Crippen molar-refractivity contribution in [3.05, 3.63) is 50.9 Å². The van der Waals surface area contributed by atoms with Gasteiger partial charge in [-0.1, -0.05) is 24.9 Å². The minimum Gasteiger partial charge on any atom is -0.390 e. The monoisotopic (exact) mass is 293 g/mol. The van der Waals surface area contributed by atoms with Gasteiger partial charge >= 0.3 is 0 Å². The number of benzene rings is 1. The Morgan fingerprint density at radius 2 is 1.95 bits per heavy atom. The van der Waals surface area contributed by atoms with Gasteiger partial charge in [-0.3, -0.25) is 4.79 Å². The van der Waals surface area contributed by atoms with E-state index in [0.717, 1.165) is 18.4 Å². The zero-order valence-corrected chi connectivity index (χ0v) is 12.6. The molecule has 2 nitrogen and oxygen atoms in total. The summed E-state index contributed by atoms with van der Waals surface area (Å²) in [6.07, 6.45) is 2.02. The maximum Gasteiger partial charge on any atom is 0.196 e. The molecular weight excluding hydrogens is 278 g/mol. The molecule has 0 unspecified atom stereocenters. The highest BCUT2D eigenvalue weighted by molar-refractivity contribution is 7.16. The number of thiophene rings is 1. The van der Waals surface area contributed by atoms with Crippen molar-refractivity contribution in [2.24, 2.45) is 0 Å². The smallest absolute Gasteiger partial charge is 0.196 e. The number of hydrogen-bond acceptors (Lipinski definition) is 3. The normalized spacial score (nSPS) is 10.7. The number of anilines is 1. The Morgan fingerprint density at radius 1 is 1.32 bits per heavy atom. The van der Waals surface area contributed by atoms with Crippen LogP contribution in [-0.4, -0.2) is 5.78 Å². The summed E-state index contributed by atoms with van der Waals surface area (Å²) >= 11 is 7.36. The minimum atomic E-state index is -0.0229. The van der Waals surface area contributed by atoms with Crippen molar-refractivity contribution in [2.75, 3.05) is 5.73 Å². The maximum absolute atomic E-state index is 12.5. The predicted octanol–water partition coefficient (Wildman–Crippen LogP) is 4.48. The van der Waals surface area contributed by atoms with E-state index in [1.807, 2.05) is 6.92 Å². The van der Waals surface area contributed by atoms with Crippen molar-refractivity contribution in [1.29, 1.82) is 0 Å². The highest BCUT2D eigenvalue weighted by atomic mass is 35.5. The van der Waals surface area contributed by atoms with Gasteiger partial charge in [-0.05, 0) is 43.2 Å². The number of nitrogens with two attached hydrogens (primary N) is 1. The zero-order chi connectivity index (χ0) is 14.0. The summed E-state index contributed by atoms with van der Waals surface area (Å²) in [4.78, 5) is 13.7. The fourth-order valence-corrected chi connectivity index (χ4v) is 3.38. The second-order valence-corrected chi connectivity index (χ2v) is 6.05. The van der Waals surface area contributed by atoms with Crippen LogP contribution in [0.1, 0.15) is 39.7 Å². The molecule has 1 heterocycles. The highest BCUT2D eigenvalue weighted by Gasteiger charge is 2.20. The fraction of sp³-hybridized carbons (Fsp3) is 0.267. The number of carbonyl (C=O) groups is 1. The quantitative estimate of drug-likeness (QED) is 0.845. The molecule has 4 heteroatoms. The van der Waals surface area contributed by atoms with E-state index < -0.39 is 0 Å². The lowest BCUT2D eigenvalue weighted by molar-refractivity contribution is 0.103. The minimum absolute atomic E-state index is 0.0229. The van der Waals surface area contributed by atoms with Gasteiger partial charge in [-0.25, -0.2) is 0 Å². The summed E-state index contributed by atoms with van der Waals surface area (Å²) in [6.45, 7) is 4.09. The van der Waals surface area contributed by atoms with Gasteiger partial charge in [-0.15, -0.1) is 11.3 Å². The molecule has 0 spiro atoms. The van der Waals surface area contributed by atoms with Gasteiger partial charge in [0, 0.05) is 15.5 Å². The first kappa shape index (κ1) is 14.1. The van der Waals surface area contributed by atoms with Crippen LogP contribution in [0, 0.1) is 6.92 Å². The van der Waals surface area contributed by atoms with Gasteiger partial charge in [0.05, 0.1) is 10.6 Å². The van der Waals surface area contributed by atoms with Crippen molar-refractivity contribution in [1.82, 2.24) is 0 Å². The Labute approximate surface area is 122 Å². The first-order chi connectivity index (χ1) is 9.04. The fourth-order valence-electron chi connectivity index (χ4n) is 2.08. The van der Waals surface area contributed by atoms with Crippen LogP contribution in [-0.2, 0) is 6.42 Å². The summed E-state index contributed by atoms with van der Waals surface area (Å²) in [5, 5.41) is 1.24. The van der Waals surface area contributed by atoms with E-state index in [-0.39, 0.29) is 5.78 Å². The molecule has 0 aliphatic rings. The van der Waals surface area contributed by atoms with Crippen molar-refractivity contribution in [3.63, 3.8) is 0 Å². The van der Waals surface area contributed by atoms with Gasteiger partial charge in [0.2, 0.25) is 0 Å². The lowest BCUT2D eigenvalue weighted by Crippen LogP contribution is -2.04. The van der Waals surface area contributed by atoms with Crippen LogP contribution in [0.4, 0.5) is 5.00 Å². The van der Waals surface area contributed by atoms with Crippen molar-refractivity contribution < 1.29 is 4.79 Å². The van der Waals surface area contributed by atoms with Gasteiger partial charge in [0.1, 0.15) is 0 Å². The van der Waals surface area contributed by atoms with E-state index in [9.17, 15) is 4.79 Å². The van der Waals surface area contributed by atoms with E-state index in [1.165, 1.54) is 16.2 Å². The van der Waals surface area contributed by atoms with Gasteiger partial charge < -0.3 is 5.73 Å². The Hall–Kier alpha value is -1.32.